The molecule has 2 atom stereocenters. The molecule has 1 aromatic carbocycles. The summed E-state index contributed by atoms with van der Waals surface area (Å²) in [6.45, 7) is 1.24. The molecule has 6 heteroatoms. The Balaban J connectivity index is 1.79. The fraction of sp³-hybridized carbons (Fsp3) is 0.538. The maximum Gasteiger partial charge on any atom is 0.208 e. The van der Waals surface area contributed by atoms with Crippen LogP contribution in [0.5, 0.6) is 0 Å². The zero-order valence-electron chi connectivity index (χ0n) is 11.1. The van der Waals surface area contributed by atoms with Crippen molar-refractivity contribution >= 4 is 10.0 Å². The minimum atomic E-state index is -3.08. The number of fused-ring (bicyclic) bond motifs is 1. The van der Waals surface area contributed by atoms with Crippen LogP contribution in [0.2, 0.25) is 0 Å². The lowest BCUT2D eigenvalue weighted by Gasteiger charge is -2.13. The van der Waals surface area contributed by atoms with E-state index in [1.54, 1.807) is 0 Å². The maximum atomic E-state index is 10.9. The summed E-state index contributed by atoms with van der Waals surface area (Å²) >= 11 is 0. The van der Waals surface area contributed by atoms with Crippen molar-refractivity contribution in [1.82, 2.24) is 10.0 Å². The summed E-state index contributed by atoms with van der Waals surface area (Å²) in [6.07, 6.45) is 2.84. The Kier molecular flexibility index (Phi) is 4.57. The molecule has 2 unspecified atom stereocenters. The topological polar surface area (TPSA) is 84.2 Å². The second-order valence-electron chi connectivity index (χ2n) is 5.00. The van der Waals surface area contributed by atoms with Gasteiger partial charge >= 0.3 is 0 Å². The third-order valence-corrected chi connectivity index (χ3v) is 4.10. The van der Waals surface area contributed by atoms with Crippen LogP contribution in [0.4, 0.5) is 0 Å². The standard InChI is InChI=1S/C13H21N3O2S/c1-19(17,18)16-8-4-7-15-13-9-12(14)10-5-2-3-6-11(10)13/h2-3,5-6,12-13,15-16H,4,7-9,14H2,1H3. The summed E-state index contributed by atoms with van der Waals surface area (Å²) in [5, 5.41) is 3.44. The second kappa shape index (κ2) is 6.00. The molecule has 0 saturated carbocycles. The molecule has 106 valence electrons. The van der Waals surface area contributed by atoms with Gasteiger partial charge in [-0.2, -0.15) is 0 Å². The van der Waals surface area contributed by atoms with Crippen molar-refractivity contribution in [2.75, 3.05) is 19.3 Å². The molecule has 0 aromatic heterocycles. The van der Waals surface area contributed by atoms with Crippen molar-refractivity contribution in [3.8, 4) is 0 Å². The predicted octanol–water partition coefficient (Wildman–Crippen LogP) is 0.660. The van der Waals surface area contributed by atoms with Crippen molar-refractivity contribution in [2.45, 2.75) is 24.9 Å². The zero-order chi connectivity index (χ0) is 13.9. The van der Waals surface area contributed by atoms with E-state index in [1.165, 1.54) is 17.4 Å². The van der Waals surface area contributed by atoms with E-state index in [1.807, 2.05) is 12.1 Å². The molecule has 1 aromatic rings. The van der Waals surface area contributed by atoms with E-state index in [0.29, 0.717) is 6.54 Å². The van der Waals surface area contributed by atoms with Crippen LogP contribution in [0.1, 0.15) is 36.1 Å². The van der Waals surface area contributed by atoms with Gasteiger partial charge in [-0.05, 0) is 30.5 Å². The van der Waals surface area contributed by atoms with Crippen LogP contribution in [-0.2, 0) is 10.0 Å². The maximum absolute atomic E-state index is 10.9. The molecule has 0 heterocycles. The van der Waals surface area contributed by atoms with E-state index in [0.717, 1.165) is 19.4 Å². The molecule has 0 amide bonds. The highest BCUT2D eigenvalue weighted by atomic mass is 32.2. The Morgan fingerprint density at radius 2 is 1.95 bits per heavy atom. The normalized spacial score (nSPS) is 22.4. The Labute approximate surface area is 114 Å². The van der Waals surface area contributed by atoms with E-state index in [4.69, 9.17) is 5.73 Å². The number of benzene rings is 1. The first kappa shape index (κ1) is 14.5. The summed E-state index contributed by atoms with van der Waals surface area (Å²) < 4.78 is 24.3. The summed E-state index contributed by atoms with van der Waals surface area (Å²) in [7, 11) is -3.08. The Morgan fingerprint density at radius 3 is 2.63 bits per heavy atom. The van der Waals surface area contributed by atoms with Crippen LogP contribution in [0.15, 0.2) is 24.3 Å². The van der Waals surface area contributed by atoms with Crippen molar-refractivity contribution in [3.05, 3.63) is 35.4 Å². The second-order valence-corrected chi connectivity index (χ2v) is 6.83. The van der Waals surface area contributed by atoms with Gasteiger partial charge in [0.1, 0.15) is 0 Å². The summed E-state index contributed by atoms with van der Waals surface area (Å²) in [5.41, 5.74) is 8.58. The Hall–Kier alpha value is -0.950. The van der Waals surface area contributed by atoms with Gasteiger partial charge in [0.15, 0.2) is 0 Å². The first-order chi connectivity index (χ1) is 8.97. The van der Waals surface area contributed by atoms with E-state index < -0.39 is 10.0 Å². The zero-order valence-corrected chi connectivity index (χ0v) is 11.9. The number of nitrogens with two attached hydrogens (primary N) is 1. The molecule has 0 radical (unpaired) electrons. The average molecular weight is 283 g/mol. The highest BCUT2D eigenvalue weighted by Gasteiger charge is 2.27. The molecular weight excluding hydrogens is 262 g/mol. The minimum Gasteiger partial charge on any atom is -0.324 e. The molecule has 0 bridgehead atoms. The quantitative estimate of drug-likeness (QED) is 0.670. The van der Waals surface area contributed by atoms with Crippen LogP contribution in [0.3, 0.4) is 0 Å². The third kappa shape index (κ3) is 4.01. The lowest BCUT2D eigenvalue weighted by atomic mass is 10.1. The van der Waals surface area contributed by atoms with Gasteiger partial charge in [-0.3, -0.25) is 0 Å². The molecular formula is C13H21N3O2S. The number of nitrogens with one attached hydrogen (secondary N) is 2. The minimum absolute atomic E-state index is 0.0999. The molecule has 2 rings (SSSR count). The van der Waals surface area contributed by atoms with Crippen LogP contribution in [0.25, 0.3) is 0 Å². The molecule has 5 nitrogen and oxygen atoms in total. The van der Waals surface area contributed by atoms with Gasteiger partial charge in [-0.1, -0.05) is 24.3 Å². The molecule has 0 fully saturated rings. The largest absolute Gasteiger partial charge is 0.324 e. The van der Waals surface area contributed by atoms with E-state index in [-0.39, 0.29) is 12.1 Å². The van der Waals surface area contributed by atoms with Gasteiger partial charge in [0, 0.05) is 18.6 Å². The monoisotopic (exact) mass is 283 g/mol. The van der Waals surface area contributed by atoms with Gasteiger partial charge < -0.3 is 11.1 Å². The lowest BCUT2D eigenvalue weighted by molar-refractivity contribution is 0.491. The average Bonchev–Trinajstić information content (AvgIpc) is 2.65. The Morgan fingerprint density at radius 1 is 1.26 bits per heavy atom. The number of rotatable bonds is 6. The third-order valence-electron chi connectivity index (χ3n) is 3.37. The number of hydrogen-bond acceptors (Lipinski definition) is 4. The van der Waals surface area contributed by atoms with Crippen LogP contribution >= 0.6 is 0 Å². The fourth-order valence-electron chi connectivity index (χ4n) is 2.49. The molecule has 0 saturated heterocycles. The summed E-state index contributed by atoms with van der Waals surface area (Å²) in [6, 6.07) is 8.60. The van der Waals surface area contributed by atoms with Crippen molar-refractivity contribution in [1.29, 1.82) is 0 Å². The van der Waals surface area contributed by atoms with E-state index in [9.17, 15) is 8.42 Å². The first-order valence-corrected chi connectivity index (χ1v) is 8.39. The van der Waals surface area contributed by atoms with Gasteiger partial charge in [0.25, 0.3) is 0 Å². The number of hydrogen-bond donors (Lipinski definition) is 3. The molecule has 19 heavy (non-hydrogen) atoms. The number of sulfonamides is 1. The van der Waals surface area contributed by atoms with Crippen molar-refractivity contribution < 1.29 is 8.42 Å². The van der Waals surface area contributed by atoms with E-state index >= 15 is 0 Å². The van der Waals surface area contributed by atoms with Gasteiger partial charge in [0.05, 0.1) is 6.26 Å². The van der Waals surface area contributed by atoms with Crippen molar-refractivity contribution in [3.63, 3.8) is 0 Å². The molecule has 1 aliphatic rings. The van der Waals surface area contributed by atoms with Gasteiger partial charge in [-0.15, -0.1) is 0 Å². The summed E-state index contributed by atoms with van der Waals surface area (Å²) in [5.74, 6) is 0. The highest BCUT2D eigenvalue weighted by molar-refractivity contribution is 7.88. The Bertz CT molecular complexity index is 530. The fourth-order valence-corrected chi connectivity index (χ4v) is 3.00. The van der Waals surface area contributed by atoms with Crippen LogP contribution < -0.4 is 15.8 Å². The molecule has 4 N–H and O–H groups in total. The highest BCUT2D eigenvalue weighted by Crippen LogP contribution is 2.36. The smallest absolute Gasteiger partial charge is 0.208 e. The molecule has 0 spiro atoms. The van der Waals surface area contributed by atoms with Crippen LogP contribution in [0, 0.1) is 0 Å². The van der Waals surface area contributed by atoms with Crippen molar-refractivity contribution in [2.24, 2.45) is 5.73 Å². The van der Waals surface area contributed by atoms with Gasteiger partial charge in [0.2, 0.25) is 10.0 Å². The van der Waals surface area contributed by atoms with E-state index in [2.05, 4.69) is 22.2 Å². The molecule has 0 aliphatic heterocycles. The molecule has 1 aliphatic carbocycles. The SMILES string of the molecule is CS(=O)(=O)NCCCNC1CC(N)c2ccccc21. The van der Waals surface area contributed by atoms with Gasteiger partial charge in [-0.25, -0.2) is 13.1 Å². The summed E-state index contributed by atoms with van der Waals surface area (Å²) in [4.78, 5) is 0. The lowest BCUT2D eigenvalue weighted by Crippen LogP contribution is -2.27. The predicted molar refractivity (Wildman–Crippen MR) is 76.2 cm³/mol. The van der Waals surface area contributed by atoms with Crippen LogP contribution in [-0.4, -0.2) is 27.8 Å². The first-order valence-electron chi connectivity index (χ1n) is 6.50.